The molecule has 3 nitrogen and oxygen atoms in total. The second-order valence-corrected chi connectivity index (χ2v) is 6.74. The van der Waals surface area contributed by atoms with Crippen molar-refractivity contribution in [2.75, 3.05) is 27.3 Å². The van der Waals surface area contributed by atoms with E-state index in [9.17, 15) is 4.79 Å². The third-order valence-electron chi connectivity index (χ3n) is 3.98. The fraction of sp³-hybridized carbons (Fsp3) is 0.833. The first-order valence-corrected chi connectivity index (χ1v) is 8.74. The highest BCUT2D eigenvalue weighted by atomic mass is 16.1. The van der Waals surface area contributed by atoms with Gasteiger partial charge in [-0.25, -0.2) is 0 Å². The Kier molecular flexibility index (Phi) is 12.4. The van der Waals surface area contributed by atoms with Gasteiger partial charge >= 0.3 is 0 Å². The van der Waals surface area contributed by atoms with Gasteiger partial charge in [-0.3, -0.25) is 4.79 Å². The average Bonchev–Trinajstić information content (AvgIpc) is 2.46. The van der Waals surface area contributed by atoms with Crippen molar-refractivity contribution in [2.45, 2.75) is 71.1 Å². The lowest BCUT2D eigenvalue weighted by Gasteiger charge is -2.29. The van der Waals surface area contributed by atoms with Gasteiger partial charge in [-0.15, -0.1) is 0 Å². The summed E-state index contributed by atoms with van der Waals surface area (Å²) in [6.07, 6.45) is 15.0. The van der Waals surface area contributed by atoms with Crippen molar-refractivity contribution in [3.63, 3.8) is 0 Å². The lowest BCUT2D eigenvalue weighted by Crippen LogP contribution is -2.48. The van der Waals surface area contributed by atoms with Crippen molar-refractivity contribution in [1.29, 1.82) is 0 Å². The monoisotopic (exact) mass is 297 g/mol. The van der Waals surface area contributed by atoms with E-state index in [0.717, 1.165) is 11.0 Å². The van der Waals surface area contributed by atoms with Crippen LogP contribution in [0.1, 0.15) is 71.1 Å². The van der Waals surface area contributed by atoms with Crippen LogP contribution in [-0.2, 0) is 4.79 Å². The molecule has 0 rings (SSSR count). The quantitative estimate of drug-likeness (QED) is 0.221. The van der Waals surface area contributed by atoms with Crippen LogP contribution >= 0.6 is 0 Å². The smallest absolute Gasteiger partial charge is 0.247 e. The number of quaternary nitrogens is 1. The largest absolute Gasteiger partial charge is 0.311 e. The van der Waals surface area contributed by atoms with Gasteiger partial charge in [-0.05, 0) is 18.9 Å². The number of hydrogen-bond acceptors (Lipinski definition) is 1. The lowest BCUT2D eigenvalue weighted by atomic mass is 10.1. The number of carbonyl (C=O) groups excluding carboxylic acids is 1. The Morgan fingerprint density at radius 2 is 1.43 bits per heavy atom. The van der Waals surface area contributed by atoms with E-state index in [4.69, 9.17) is 0 Å². The molecule has 0 saturated carbocycles. The van der Waals surface area contributed by atoms with Crippen LogP contribution in [0.4, 0.5) is 0 Å². The van der Waals surface area contributed by atoms with Gasteiger partial charge in [0.25, 0.3) is 0 Å². The summed E-state index contributed by atoms with van der Waals surface area (Å²) in [5.74, 6) is -0.0794. The van der Waals surface area contributed by atoms with Crippen molar-refractivity contribution >= 4 is 5.91 Å². The first-order chi connectivity index (χ1) is 10.0. The Morgan fingerprint density at radius 1 is 0.952 bits per heavy atom. The Labute approximate surface area is 132 Å². The normalized spacial score (nSPS) is 11.4. The SMILES string of the molecule is C=CC(=O)NC[N+](C)(C)CCCCCCCCCCCC. The van der Waals surface area contributed by atoms with Crippen molar-refractivity contribution in [3.05, 3.63) is 12.7 Å². The van der Waals surface area contributed by atoms with Gasteiger partial charge in [0.1, 0.15) is 0 Å². The van der Waals surface area contributed by atoms with E-state index in [-0.39, 0.29) is 5.91 Å². The molecule has 0 heterocycles. The molecule has 124 valence electrons. The molecule has 0 spiro atoms. The summed E-state index contributed by atoms with van der Waals surface area (Å²) in [4.78, 5) is 11.2. The molecule has 3 heteroatoms. The summed E-state index contributed by atoms with van der Waals surface area (Å²) in [6.45, 7) is 7.54. The van der Waals surface area contributed by atoms with Gasteiger partial charge in [-0.2, -0.15) is 0 Å². The van der Waals surface area contributed by atoms with Gasteiger partial charge < -0.3 is 9.80 Å². The Morgan fingerprint density at radius 3 is 1.90 bits per heavy atom. The van der Waals surface area contributed by atoms with Gasteiger partial charge in [0.15, 0.2) is 6.67 Å². The second kappa shape index (κ2) is 12.9. The molecule has 0 radical (unpaired) electrons. The first kappa shape index (κ1) is 20.2. The molecule has 0 aromatic rings. The topological polar surface area (TPSA) is 29.1 Å². The molecule has 0 aliphatic rings. The van der Waals surface area contributed by atoms with E-state index in [1.807, 2.05) is 0 Å². The van der Waals surface area contributed by atoms with Crippen LogP contribution < -0.4 is 5.32 Å². The van der Waals surface area contributed by atoms with E-state index in [1.54, 1.807) is 0 Å². The molecule has 0 bridgehead atoms. The predicted octanol–water partition coefficient (Wildman–Crippen LogP) is 4.24. The standard InChI is InChI=1S/C18H36N2O/c1-5-7-8-9-10-11-12-13-14-15-16-20(3,4)17-19-18(21)6-2/h6H,2,5,7-17H2,1,3-4H3/p+1. The summed E-state index contributed by atoms with van der Waals surface area (Å²) in [6, 6.07) is 0. The zero-order valence-corrected chi connectivity index (χ0v) is 14.6. The number of carbonyl (C=O) groups is 1. The van der Waals surface area contributed by atoms with Crippen molar-refractivity contribution < 1.29 is 9.28 Å². The molecular weight excluding hydrogens is 260 g/mol. The number of rotatable bonds is 14. The maximum absolute atomic E-state index is 11.2. The molecule has 0 aromatic carbocycles. The minimum absolute atomic E-state index is 0.0794. The number of unbranched alkanes of at least 4 members (excludes halogenated alkanes) is 9. The molecule has 0 aromatic heterocycles. The zero-order valence-electron chi connectivity index (χ0n) is 14.6. The maximum Gasteiger partial charge on any atom is 0.247 e. The summed E-state index contributed by atoms with van der Waals surface area (Å²) in [5, 5.41) is 2.87. The van der Waals surface area contributed by atoms with Crippen LogP contribution in [0.5, 0.6) is 0 Å². The molecule has 1 amide bonds. The van der Waals surface area contributed by atoms with Gasteiger partial charge in [0.2, 0.25) is 5.91 Å². The Hall–Kier alpha value is -0.830. The van der Waals surface area contributed by atoms with Crippen molar-refractivity contribution in [3.8, 4) is 0 Å². The molecular formula is C18H37N2O+. The molecule has 0 atom stereocenters. The highest BCUT2D eigenvalue weighted by Crippen LogP contribution is 2.11. The maximum atomic E-state index is 11.2. The molecule has 0 fully saturated rings. The van der Waals surface area contributed by atoms with Gasteiger partial charge in [0, 0.05) is 0 Å². The lowest BCUT2D eigenvalue weighted by molar-refractivity contribution is -0.892. The van der Waals surface area contributed by atoms with E-state index >= 15 is 0 Å². The molecule has 0 unspecified atom stereocenters. The molecule has 21 heavy (non-hydrogen) atoms. The van der Waals surface area contributed by atoms with Crippen molar-refractivity contribution in [2.24, 2.45) is 0 Å². The first-order valence-electron chi connectivity index (χ1n) is 8.74. The van der Waals surface area contributed by atoms with E-state index in [1.165, 1.54) is 70.3 Å². The summed E-state index contributed by atoms with van der Waals surface area (Å²) >= 11 is 0. The predicted molar refractivity (Wildman–Crippen MR) is 92.0 cm³/mol. The van der Waals surface area contributed by atoms with E-state index in [0.29, 0.717) is 6.67 Å². The summed E-state index contributed by atoms with van der Waals surface area (Å²) < 4.78 is 0.844. The van der Waals surface area contributed by atoms with Gasteiger partial charge in [0.05, 0.1) is 20.6 Å². The third-order valence-corrected chi connectivity index (χ3v) is 3.98. The highest BCUT2D eigenvalue weighted by Gasteiger charge is 2.14. The van der Waals surface area contributed by atoms with Crippen LogP contribution in [0.2, 0.25) is 0 Å². The molecule has 0 saturated heterocycles. The molecule has 1 N–H and O–H groups in total. The number of amides is 1. The fourth-order valence-corrected chi connectivity index (χ4v) is 2.47. The van der Waals surface area contributed by atoms with Crippen LogP contribution in [0.15, 0.2) is 12.7 Å². The fourth-order valence-electron chi connectivity index (χ4n) is 2.47. The Balaban J connectivity index is 3.40. The molecule has 0 aliphatic heterocycles. The van der Waals surface area contributed by atoms with Crippen LogP contribution in [0.3, 0.4) is 0 Å². The minimum atomic E-state index is -0.0794. The average molecular weight is 298 g/mol. The summed E-state index contributed by atoms with van der Waals surface area (Å²) in [5.41, 5.74) is 0. The highest BCUT2D eigenvalue weighted by molar-refractivity contribution is 5.86. The van der Waals surface area contributed by atoms with E-state index < -0.39 is 0 Å². The van der Waals surface area contributed by atoms with Crippen LogP contribution in [0.25, 0.3) is 0 Å². The number of nitrogens with zero attached hydrogens (tertiary/aromatic N) is 1. The second-order valence-electron chi connectivity index (χ2n) is 6.74. The number of hydrogen-bond donors (Lipinski definition) is 1. The van der Waals surface area contributed by atoms with Crippen molar-refractivity contribution in [1.82, 2.24) is 5.32 Å². The van der Waals surface area contributed by atoms with E-state index in [2.05, 4.69) is 32.9 Å². The zero-order chi connectivity index (χ0) is 16.0. The molecule has 0 aliphatic carbocycles. The third kappa shape index (κ3) is 13.9. The summed E-state index contributed by atoms with van der Waals surface area (Å²) in [7, 11) is 4.33. The Bertz CT molecular complexity index is 274. The van der Waals surface area contributed by atoms with Crippen LogP contribution in [0, 0.1) is 0 Å². The minimum Gasteiger partial charge on any atom is -0.311 e. The number of nitrogens with one attached hydrogen (secondary N) is 1. The van der Waals surface area contributed by atoms with Crippen LogP contribution in [-0.4, -0.2) is 37.7 Å². The van der Waals surface area contributed by atoms with Gasteiger partial charge in [-0.1, -0.05) is 64.9 Å².